The first kappa shape index (κ1) is 15.7. The third kappa shape index (κ3) is 4.69. The Balaban J connectivity index is 2.10. The maximum Gasteiger partial charge on any atom is 0.131 e. The van der Waals surface area contributed by atoms with E-state index in [2.05, 4.69) is 0 Å². The molecule has 112 valence electrons. The van der Waals surface area contributed by atoms with Crippen molar-refractivity contribution in [1.82, 2.24) is 0 Å². The van der Waals surface area contributed by atoms with Crippen LogP contribution in [0.1, 0.15) is 18.1 Å². The summed E-state index contributed by atoms with van der Waals surface area (Å²) >= 11 is 5.68. The van der Waals surface area contributed by atoms with E-state index in [4.69, 9.17) is 22.1 Å². The number of benzene rings is 2. The smallest absolute Gasteiger partial charge is 0.131 e. The molecular weight excluding hydrogens is 296 g/mol. The average molecular weight is 312 g/mol. The van der Waals surface area contributed by atoms with E-state index in [0.717, 1.165) is 5.56 Å². The van der Waals surface area contributed by atoms with Crippen molar-refractivity contribution < 1.29 is 13.5 Å². The second-order valence-electron chi connectivity index (χ2n) is 5.00. The standard InChI is InChI=1S/C16H16ClF2NO/c1-10(20)4-11-5-14(18)8-15(6-11)21-9-12-2-3-13(17)7-16(12)19/h2-3,5-8,10H,4,9,20H2,1H3. The Morgan fingerprint density at radius 3 is 2.62 bits per heavy atom. The van der Waals surface area contributed by atoms with Crippen molar-refractivity contribution in [2.24, 2.45) is 5.73 Å². The van der Waals surface area contributed by atoms with E-state index < -0.39 is 11.6 Å². The molecule has 0 aliphatic carbocycles. The van der Waals surface area contributed by atoms with E-state index in [1.807, 2.05) is 6.92 Å². The third-order valence-corrected chi connectivity index (χ3v) is 3.13. The lowest BCUT2D eigenvalue weighted by Gasteiger charge is -2.11. The zero-order valence-corrected chi connectivity index (χ0v) is 12.3. The van der Waals surface area contributed by atoms with Crippen molar-refractivity contribution in [3.05, 3.63) is 64.2 Å². The first-order valence-electron chi connectivity index (χ1n) is 6.56. The summed E-state index contributed by atoms with van der Waals surface area (Å²) in [5.74, 6) is -0.505. The van der Waals surface area contributed by atoms with Gasteiger partial charge in [0.25, 0.3) is 0 Å². The minimum atomic E-state index is -0.449. The second kappa shape index (κ2) is 6.87. The maximum atomic E-state index is 13.6. The fourth-order valence-corrected chi connectivity index (χ4v) is 2.15. The predicted molar refractivity (Wildman–Crippen MR) is 79.5 cm³/mol. The lowest BCUT2D eigenvalue weighted by atomic mass is 10.1. The Kier molecular flexibility index (Phi) is 5.15. The molecule has 0 fully saturated rings. The molecule has 21 heavy (non-hydrogen) atoms. The van der Waals surface area contributed by atoms with Gasteiger partial charge in [0.1, 0.15) is 24.0 Å². The lowest BCUT2D eigenvalue weighted by Crippen LogP contribution is -2.17. The van der Waals surface area contributed by atoms with E-state index in [-0.39, 0.29) is 12.6 Å². The Bertz CT molecular complexity index is 632. The molecule has 2 N–H and O–H groups in total. The van der Waals surface area contributed by atoms with E-state index >= 15 is 0 Å². The summed E-state index contributed by atoms with van der Waals surface area (Å²) in [6.45, 7) is 1.85. The summed E-state index contributed by atoms with van der Waals surface area (Å²) in [6, 6.07) is 8.65. The van der Waals surface area contributed by atoms with Gasteiger partial charge in [0, 0.05) is 22.7 Å². The topological polar surface area (TPSA) is 35.2 Å². The van der Waals surface area contributed by atoms with Gasteiger partial charge in [-0.15, -0.1) is 0 Å². The Morgan fingerprint density at radius 2 is 1.95 bits per heavy atom. The van der Waals surface area contributed by atoms with E-state index in [1.165, 1.54) is 18.2 Å². The van der Waals surface area contributed by atoms with Crippen molar-refractivity contribution in [2.75, 3.05) is 0 Å². The molecule has 2 aromatic rings. The van der Waals surface area contributed by atoms with Crippen LogP contribution in [0.4, 0.5) is 8.78 Å². The molecule has 0 aromatic heterocycles. The molecule has 0 saturated carbocycles. The van der Waals surface area contributed by atoms with Gasteiger partial charge in [-0.2, -0.15) is 0 Å². The normalized spacial score (nSPS) is 12.2. The molecule has 0 spiro atoms. The molecule has 0 radical (unpaired) electrons. The van der Waals surface area contributed by atoms with Crippen LogP contribution in [0, 0.1) is 11.6 Å². The van der Waals surface area contributed by atoms with E-state index in [9.17, 15) is 8.78 Å². The summed E-state index contributed by atoms with van der Waals surface area (Å²) < 4.78 is 32.6. The minimum absolute atomic E-state index is 0.00404. The highest BCUT2D eigenvalue weighted by molar-refractivity contribution is 6.30. The van der Waals surface area contributed by atoms with Gasteiger partial charge in [0.2, 0.25) is 0 Å². The maximum absolute atomic E-state index is 13.6. The molecule has 0 bridgehead atoms. The van der Waals surface area contributed by atoms with Gasteiger partial charge in [-0.3, -0.25) is 0 Å². The minimum Gasteiger partial charge on any atom is -0.489 e. The van der Waals surface area contributed by atoms with Crippen LogP contribution in [-0.2, 0) is 13.0 Å². The van der Waals surface area contributed by atoms with Gasteiger partial charge in [0.15, 0.2) is 0 Å². The number of nitrogens with two attached hydrogens (primary N) is 1. The number of halogens is 3. The van der Waals surface area contributed by atoms with Crippen LogP contribution < -0.4 is 10.5 Å². The van der Waals surface area contributed by atoms with E-state index in [1.54, 1.807) is 18.2 Å². The molecule has 0 aliphatic rings. The Hall–Kier alpha value is -1.65. The molecule has 1 unspecified atom stereocenters. The highest BCUT2D eigenvalue weighted by Gasteiger charge is 2.07. The van der Waals surface area contributed by atoms with Crippen LogP contribution in [0.3, 0.4) is 0 Å². The van der Waals surface area contributed by atoms with Gasteiger partial charge in [-0.1, -0.05) is 17.7 Å². The summed E-state index contributed by atoms with van der Waals surface area (Å²) in [5.41, 5.74) is 6.80. The lowest BCUT2D eigenvalue weighted by molar-refractivity contribution is 0.298. The SMILES string of the molecule is CC(N)Cc1cc(F)cc(OCc2ccc(Cl)cc2F)c1. The third-order valence-electron chi connectivity index (χ3n) is 2.90. The van der Waals surface area contributed by atoms with Crippen LogP contribution in [0.2, 0.25) is 5.02 Å². The van der Waals surface area contributed by atoms with Crippen molar-refractivity contribution in [1.29, 1.82) is 0 Å². The number of ether oxygens (including phenoxy) is 1. The van der Waals surface area contributed by atoms with Crippen LogP contribution in [-0.4, -0.2) is 6.04 Å². The molecule has 1 atom stereocenters. The molecule has 2 rings (SSSR count). The molecular formula is C16H16ClF2NO. The van der Waals surface area contributed by atoms with Crippen LogP contribution in [0.15, 0.2) is 36.4 Å². The monoisotopic (exact) mass is 311 g/mol. The fraction of sp³-hybridized carbons (Fsp3) is 0.250. The summed E-state index contributed by atoms with van der Waals surface area (Å²) in [5, 5.41) is 0.321. The molecule has 0 saturated heterocycles. The number of rotatable bonds is 5. The highest BCUT2D eigenvalue weighted by Crippen LogP contribution is 2.20. The molecule has 2 aromatic carbocycles. The van der Waals surface area contributed by atoms with Crippen LogP contribution in [0.5, 0.6) is 5.75 Å². The summed E-state index contributed by atoms with van der Waals surface area (Å²) in [6.07, 6.45) is 0.545. The van der Waals surface area contributed by atoms with Gasteiger partial charge in [0.05, 0.1) is 0 Å². The molecule has 0 amide bonds. The van der Waals surface area contributed by atoms with Crippen LogP contribution >= 0.6 is 11.6 Å². The van der Waals surface area contributed by atoms with Crippen LogP contribution in [0.25, 0.3) is 0 Å². The molecule has 0 heterocycles. The van der Waals surface area contributed by atoms with Gasteiger partial charge < -0.3 is 10.5 Å². The molecule has 0 aliphatic heterocycles. The number of hydrogen-bond acceptors (Lipinski definition) is 2. The largest absolute Gasteiger partial charge is 0.489 e. The Morgan fingerprint density at radius 1 is 1.19 bits per heavy atom. The first-order chi connectivity index (χ1) is 9.94. The van der Waals surface area contributed by atoms with Gasteiger partial charge in [-0.05, 0) is 43.2 Å². The quantitative estimate of drug-likeness (QED) is 0.902. The van der Waals surface area contributed by atoms with Crippen molar-refractivity contribution >= 4 is 11.6 Å². The summed E-state index contributed by atoms with van der Waals surface area (Å²) in [4.78, 5) is 0. The van der Waals surface area contributed by atoms with Gasteiger partial charge >= 0.3 is 0 Å². The van der Waals surface area contributed by atoms with Crippen molar-refractivity contribution in [2.45, 2.75) is 26.0 Å². The van der Waals surface area contributed by atoms with E-state index in [0.29, 0.717) is 22.8 Å². The molecule has 5 heteroatoms. The fourth-order valence-electron chi connectivity index (χ4n) is 1.99. The predicted octanol–water partition coefficient (Wildman–Crippen LogP) is 4.09. The van der Waals surface area contributed by atoms with Crippen molar-refractivity contribution in [3.63, 3.8) is 0 Å². The summed E-state index contributed by atoms with van der Waals surface area (Å²) in [7, 11) is 0. The Labute approximate surface area is 127 Å². The average Bonchev–Trinajstić information content (AvgIpc) is 2.36. The number of hydrogen-bond donors (Lipinski definition) is 1. The highest BCUT2D eigenvalue weighted by atomic mass is 35.5. The zero-order valence-electron chi connectivity index (χ0n) is 11.6. The van der Waals surface area contributed by atoms with Crippen molar-refractivity contribution in [3.8, 4) is 5.75 Å². The zero-order chi connectivity index (χ0) is 15.4. The first-order valence-corrected chi connectivity index (χ1v) is 6.93. The second-order valence-corrected chi connectivity index (χ2v) is 5.44. The van der Waals surface area contributed by atoms with Gasteiger partial charge in [-0.25, -0.2) is 8.78 Å². The molecule has 2 nitrogen and oxygen atoms in total.